The largest absolute Gasteiger partial charge is 0.399 e. The van der Waals surface area contributed by atoms with Gasteiger partial charge in [-0.05, 0) is 35.9 Å². The molecule has 0 bridgehead atoms. The lowest BCUT2D eigenvalue weighted by Gasteiger charge is -2.06. The minimum Gasteiger partial charge on any atom is -0.399 e. The Bertz CT molecular complexity index is 763. The number of benzene rings is 2. The highest BCUT2D eigenvalue weighted by Crippen LogP contribution is 2.12. The van der Waals surface area contributed by atoms with E-state index >= 15 is 0 Å². The third kappa shape index (κ3) is 2.47. The fourth-order valence-corrected chi connectivity index (χ4v) is 2.06. The molecular formula is C15H14N4O. The summed E-state index contributed by atoms with van der Waals surface area (Å²) in [6, 6.07) is 12.8. The number of nitrogens with zero attached hydrogens (tertiary/aromatic N) is 1. The Labute approximate surface area is 115 Å². The van der Waals surface area contributed by atoms with Crippen molar-refractivity contribution in [3.05, 3.63) is 59.9 Å². The summed E-state index contributed by atoms with van der Waals surface area (Å²) in [6.07, 6.45) is 1.65. The van der Waals surface area contributed by atoms with Crippen LogP contribution in [0, 0.1) is 0 Å². The molecule has 3 aromatic rings. The van der Waals surface area contributed by atoms with Crippen molar-refractivity contribution in [3.63, 3.8) is 0 Å². The van der Waals surface area contributed by atoms with E-state index in [1.54, 1.807) is 30.6 Å². The molecule has 100 valence electrons. The van der Waals surface area contributed by atoms with Gasteiger partial charge in [0.1, 0.15) is 0 Å². The van der Waals surface area contributed by atoms with Crippen molar-refractivity contribution in [2.45, 2.75) is 6.54 Å². The number of H-pyrrole nitrogens is 1. The van der Waals surface area contributed by atoms with Gasteiger partial charge in [-0.25, -0.2) is 4.98 Å². The highest BCUT2D eigenvalue weighted by Gasteiger charge is 2.05. The van der Waals surface area contributed by atoms with Gasteiger partial charge in [0.25, 0.3) is 5.91 Å². The highest BCUT2D eigenvalue weighted by atomic mass is 16.1. The Hall–Kier alpha value is -2.82. The number of nitrogens with two attached hydrogens (primary N) is 1. The van der Waals surface area contributed by atoms with Crippen LogP contribution in [-0.2, 0) is 6.54 Å². The van der Waals surface area contributed by atoms with Gasteiger partial charge in [0, 0.05) is 17.8 Å². The van der Waals surface area contributed by atoms with Crippen LogP contribution in [0.3, 0.4) is 0 Å². The Balaban J connectivity index is 1.71. The number of amides is 1. The molecule has 0 fully saturated rings. The van der Waals surface area contributed by atoms with Gasteiger partial charge in [0.15, 0.2) is 0 Å². The topological polar surface area (TPSA) is 83.8 Å². The van der Waals surface area contributed by atoms with Gasteiger partial charge < -0.3 is 16.0 Å². The number of anilines is 1. The predicted molar refractivity (Wildman–Crippen MR) is 78.1 cm³/mol. The van der Waals surface area contributed by atoms with Crippen molar-refractivity contribution in [1.29, 1.82) is 0 Å². The Morgan fingerprint density at radius 1 is 1.25 bits per heavy atom. The summed E-state index contributed by atoms with van der Waals surface area (Å²) in [5.41, 5.74) is 9.69. The lowest BCUT2D eigenvalue weighted by atomic mass is 10.1. The van der Waals surface area contributed by atoms with Crippen LogP contribution in [0.2, 0.25) is 0 Å². The van der Waals surface area contributed by atoms with Crippen LogP contribution in [-0.4, -0.2) is 15.9 Å². The lowest BCUT2D eigenvalue weighted by Crippen LogP contribution is -2.22. The summed E-state index contributed by atoms with van der Waals surface area (Å²) >= 11 is 0. The van der Waals surface area contributed by atoms with E-state index in [1.807, 2.05) is 18.2 Å². The minimum atomic E-state index is -0.137. The van der Waals surface area contributed by atoms with Gasteiger partial charge >= 0.3 is 0 Å². The standard InChI is InChI=1S/C15H14N4O/c16-12-3-1-2-11(7-12)15(20)17-8-10-4-5-13-14(6-10)19-9-18-13/h1-7,9H,8,16H2,(H,17,20)(H,18,19). The van der Waals surface area contributed by atoms with Crippen molar-refractivity contribution in [1.82, 2.24) is 15.3 Å². The van der Waals surface area contributed by atoms with Crippen LogP contribution in [0.15, 0.2) is 48.8 Å². The van der Waals surface area contributed by atoms with Crippen LogP contribution < -0.4 is 11.1 Å². The van der Waals surface area contributed by atoms with E-state index in [4.69, 9.17) is 5.73 Å². The second kappa shape index (κ2) is 5.05. The molecule has 0 saturated heterocycles. The third-order valence-corrected chi connectivity index (χ3v) is 3.09. The zero-order valence-electron chi connectivity index (χ0n) is 10.8. The summed E-state index contributed by atoms with van der Waals surface area (Å²) in [6.45, 7) is 0.461. The summed E-state index contributed by atoms with van der Waals surface area (Å²) in [5, 5.41) is 2.87. The number of aromatic amines is 1. The van der Waals surface area contributed by atoms with Gasteiger partial charge in [-0.15, -0.1) is 0 Å². The zero-order valence-corrected chi connectivity index (χ0v) is 10.8. The average molecular weight is 266 g/mol. The molecule has 0 radical (unpaired) electrons. The smallest absolute Gasteiger partial charge is 0.251 e. The SMILES string of the molecule is Nc1cccc(C(=O)NCc2ccc3nc[nH]c3c2)c1. The molecule has 1 heterocycles. The maximum atomic E-state index is 12.0. The molecule has 4 N–H and O–H groups in total. The predicted octanol–water partition coefficient (Wildman–Crippen LogP) is 2.08. The van der Waals surface area contributed by atoms with E-state index in [1.165, 1.54) is 0 Å². The average Bonchev–Trinajstić information content (AvgIpc) is 2.92. The number of aromatic nitrogens is 2. The summed E-state index contributed by atoms with van der Waals surface area (Å²) < 4.78 is 0. The van der Waals surface area contributed by atoms with E-state index in [0.29, 0.717) is 17.8 Å². The second-order valence-electron chi connectivity index (χ2n) is 4.56. The van der Waals surface area contributed by atoms with Crippen molar-refractivity contribution in [2.75, 3.05) is 5.73 Å². The van der Waals surface area contributed by atoms with Gasteiger partial charge in [-0.2, -0.15) is 0 Å². The molecule has 0 atom stereocenters. The molecule has 5 nitrogen and oxygen atoms in total. The van der Waals surface area contributed by atoms with Gasteiger partial charge in [0.05, 0.1) is 17.4 Å². The maximum Gasteiger partial charge on any atom is 0.251 e. The third-order valence-electron chi connectivity index (χ3n) is 3.09. The minimum absolute atomic E-state index is 0.137. The normalized spacial score (nSPS) is 10.6. The molecule has 5 heteroatoms. The number of rotatable bonds is 3. The zero-order chi connectivity index (χ0) is 13.9. The first-order valence-corrected chi connectivity index (χ1v) is 6.28. The van der Waals surface area contributed by atoms with E-state index in [0.717, 1.165) is 16.6 Å². The molecule has 0 saturated carbocycles. The number of fused-ring (bicyclic) bond motifs is 1. The first-order valence-electron chi connectivity index (χ1n) is 6.28. The Morgan fingerprint density at radius 3 is 3.00 bits per heavy atom. The number of carbonyl (C=O) groups excluding carboxylic acids is 1. The number of imidazole rings is 1. The molecule has 0 spiro atoms. The van der Waals surface area contributed by atoms with Crippen LogP contribution in [0.5, 0.6) is 0 Å². The Kier molecular flexibility index (Phi) is 3.09. The first kappa shape index (κ1) is 12.2. The fourth-order valence-electron chi connectivity index (χ4n) is 2.06. The highest BCUT2D eigenvalue weighted by molar-refractivity contribution is 5.95. The summed E-state index contributed by atoms with van der Waals surface area (Å²) in [7, 11) is 0. The molecule has 20 heavy (non-hydrogen) atoms. The second-order valence-corrected chi connectivity index (χ2v) is 4.56. The summed E-state index contributed by atoms with van der Waals surface area (Å²) in [4.78, 5) is 19.2. The van der Waals surface area contributed by atoms with Crippen LogP contribution >= 0.6 is 0 Å². The monoisotopic (exact) mass is 266 g/mol. The molecule has 0 aliphatic carbocycles. The number of nitrogens with one attached hydrogen (secondary N) is 2. The number of hydrogen-bond acceptors (Lipinski definition) is 3. The van der Waals surface area contributed by atoms with E-state index in [9.17, 15) is 4.79 Å². The van der Waals surface area contributed by atoms with Crippen molar-refractivity contribution in [3.8, 4) is 0 Å². The van der Waals surface area contributed by atoms with Crippen LogP contribution in [0.25, 0.3) is 11.0 Å². The Morgan fingerprint density at radius 2 is 2.15 bits per heavy atom. The maximum absolute atomic E-state index is 12.0. The molecule has 0 aliphatic rings. The van der Waals surface area contributed by atoms with Crippen LogP contribution in [0.4, 0.5) is 5.69 Å². The van der Waals surface area contributed by atoms with Gasteiger partial charge in [-0.1, -0.05) is 12.1 Å². The first-order chi connectivity index (χ1) is 9.72. The molecule has 1 amide bonds. The van der Waals surface area contributed by atoms with E-state index in [-0.39, 0.29) is 5.91 Å². The molecule has 0 aliphatic heterocycles. The molecule has 1 aromatic heterocycles. The van der Waals surface area contributed by atoms with Crippen molar-refractivity contribution in [2.24, 2.45) is 0 Å². The molecular weight excluding hydrogens is 252 g/mol. The quantitative estimate of drug-likeness (QED) is 0.634. The van der Waals surface area contributed by atoms with Gasteiger partial charge in [-0.3, -0.25) is 4.79 Å². The van der Waals surface area contributed by atoms with Crippen LogP contribution in [0.1, 0.15) is 15.9 Å². The van der Waals surface area contributed by atoms with Crippen molar-refractivity contribution < 1.29 is 4.79 Å². The van der Waals surface area contributed by atoms with Crippen molar-refractivity contribution >= 4 is 22.6 Å². The lowest BCUT2D eigenvalue weighted by molar-refractivity contribution is 0.0951. The number of nitrogen functional groups attached to an aromatic ring is 1. The molecule has 2 aromatic carbocycles. The fraction of sp³-hybridized carbons (Fsp3) is 0.0667. The van der Waals surface area contributed by atoms with E-state index < -0.39 is 0 Å². The number of hydrogen-bond donors (Lipinski definition) is 3. The molecule has 0 unspecified atom stereocenters. The summed E-state index contributed by atoms with van der Waals surface area (Å²) in [5.74, 6) is -0.137. The number of carbonyl (C=O) groups is 1. The van der Waals surface area contributed by atoms with Gasteiger partial charge in [0.2, 0.25) is 0 Å². The molecule has 3 rings (SSSR count). The van der Waals surface area contributed by atoms with E-state index in [2.05, 4.69) is 15.3 Å².